The van der Waals surface area contributed by atoms with E-state index in [0.29, 0.717) is 18.5 Å². The van der Waals surface area contributed by atoms with Crippen LogP contribution >= 0.6 is 0 Å². The third-order valence-corrected chi connectivity index (χ3v) is 5.25. The Balaban J connectivity index is 1.75. The van der Waals surface area contributed by atoms with E-state index >= 15 is 0 Å². The lowest BCUT2D eigenvalue weighted by atomic mass is 10.1. The van der Waals surface area contributed by atoms with Gasteiger partial charge in [0.25, 0.3) is 11.8 Å². The summed E-state index contributed by atoms with van der Waals surface area (Å²) < 4.78 is 39.8. The Morgan fingerprint density at radius 3 is 2.09 bits per heavy atom. The fourth-order valence-electron chi connectivity index (χ4n) is 3.42. The van der Waals surface area contributed by atoms with Crippen molar-refractivity contribution in [1.29, 1.82) is 0 Å². The SMILES string of the molecule is CNC(=O)c1cn(CCCc2ccccc2)cc(C(=O)NCc2ccc(C(F)(F)F)cc2)c1=O. The first-order chi connectivity index (χ1) is 16.2. The van der Waals surface area contributed by atoms with Crippen LogP contribution in [0.2, 0.25) is 0 Å². The van der Waals surface area contributed by atoms with Crippen LogP contribution in [0, 0.1) is 0 Å². The highest BCUT2D eigenvalue weighted by molar-refractivity contribution is 5.99. The maximum Gasteiger partial charge on any atom is 0.416 e. The number of hydrogen-bond donors (Lipinski definition) is 2. The average Bonchev–Trinajstić information content (AvgIpc) is 2.83. The lowest BCUT2D eigenvalue weighted by Crippen LogP contribution is -2.34. The number of benzene rings is 2. The highest BCUT2D eigenvalue weighted by atomic mass is 19.4. The molecule has 6 nitrogen and oxygen atoms in total. The standard InChI is InChI=1S/C25H24F3N3O3/c1-29-23(33)20-15-31(13-5-8-17-6-3-2-4-7-17)16-21(22(20)32)24(34)30-14-18-9-11-19(12-10-18)25(26,27)28/h2-4,6-7,9-12,15-16H,5,8,13-14H2,1H3,(H,29,33)(H,30,34). The van der Waals surface area contributed by atoms with Gasteiger partial charge < -0.3 is 15.2 Å². The van der Waals surface area contributed by atoms with Crippen molar-refractivity contribution in [2.45, 2.75) is 32.1 Å². The van der Waals surface area contributed by atoms with E-state index in [9.17, 15) is 27.6 Å². The van der Waals surface area contributed by atoms with E-state index in [0.717, 1.165) is 24.1 Å². The number of rotatable bonds is 8. The summed E-state index contributed by atoms with van der Waals surface area (Å²) in [5.41, 5.74) is -0.309. The molecule has 0 fully saturated rings. The minimum Gasteiger partial charge on any atom is -0.355 e. The second-order valence-corrected chi connectivity index (χ2v) is 7.70. The fourth-order valence-corrected chi connectivity index (χ4v) is 3.42. The molecule has 0 saturated carbocycles. The molecule has 9 heteroatoms. The zero-order chi connectivity index (χ0) is 24.7. The van der Waals surface area contributed by atoms with Crippen LogP contribution in [0.3, 0.4) is 0 Å². The highest BCUT2D eigenvalue weighted by Gasteiger charge is 2.30. The van der Waals surface area contributed by atoms with Crippen molar-refractivity contribution in [3.8, 4) is 0 Å². The molecular weight excluding hydrogens is 447 g/mol. The van der Waals surface area contributed by atoms with E-state index in [1.807, 2.05) is 30.3 Å². The molecule has 0 aliphatic heterocycles. The Labute approximate surface area is 194 Å². The van der Waals surface area contributed by atoms with Gasteiger partial charge in [0.1, 0.15) is 11.1 Å². The van der Waals surface area contributed by atoms with Crippen LogP contribution in [0.5, 0.6) is 0 Å². The minimum atomic E-state index is -4.45. The van der Waals surface area contributed by atoms with Crippen molar-refractivity contribution in [2.24, 2.45) is 0 Å². The number of hydrogen-bond acceptors (Lipinski definition) is 3. The minimum absolute atomic E-state index is 0.0748. The van der Waals surface area contributed by atoms with E-state index in [2.05, 4.69) is 10.6 Å². The first-order valence-electron chi connectivity index (χ1n) is 10.6. The zero-order valence-electron chi connectivity index (χ0n) is 18.5. The van der Waals surface area contributed by atoms with E-state index in [1.54, 1.807) is 4.57 Å². The van der Waals surface area contributed by atoms with E-state index in [1.165, 1.54) is 31.6 Å². The van der Waals surface area contributed by atoms with Crippen LogP contribution in [-0.4, -0.2) is 23.4 Å². The summed E-state index contributed by atoms with van der Waals surface area (Å²) in [6.45, 7) is 0.396. The van der Waals surface area contributed by atoms with Gasteiger partial charge in [-0.2, -0.15) is 13.2 Å². The molecule has 0 saturated heterocycles. The lowest BCUT2D eigenvalue weighted by Gasteiger charge is -2.12. The van der Waals surface area contributed by atoms with E-state index < -0.39 is 29.0 Å². The molecule has 0 aliphatic carbocycles. The predicted molar refractivity (Wildman–Crippen MR) is 121 cm³/mol. The van der Waals surface area contributed by atoms with Gasteiger partial charge in [-0.05, 0) is 36.1 Å². The number of alkyl halides is 3. The smallest absolute Gasteiger partial charge is 0.355 e. The van der Waals surface area contributed by atoms with Gasteiger partial charge in [0.15, 0.2) is 0 Å². The number of amides is 2. The largest absolute Gasteiger partial charge is 0.416 e. The molecule has 3 rings (SSSR count). The van der Waals surface area contributed by atoms with Crippen molar-refractivity contribution in [3.63, 3.8) is 0 Å². The van der Waals surface area contributed by atoms with Gasteiger partial charge in [0.05, 0.1) is 5.56 Å². The zero-order valence-corrected chi connectivity index (χ0v) is 18.5. The van der Waals surface area contributed by atoms with Crippen molar-refractivity contribution in [1.82, 2.24) is 15.2 Å². The molecule has 2 aromatic carbocycles. The lowest BCUT2D eigenvalue weighted by molar-refractivity contribution is -0.137. The molecule has 0 radical (unpaired) electrons. The summed E-state index contributed by atoms with van der Waals surface area (Å²) in [5.74, 6) is -1.33. The molecule has 0 bridgehead atoms. The average molecular weight is 471 g/mol. The van der Waals surface area contributed by atoms with Crippen LogP contribution in [0.1, 0.15) is 43.8 Å². The number of nitrogens with one attached hydrogen (secondary N) is 2. The van der Waals surface area contributed by atoms with Crippen LogP contribution < -0.4 is 16.1 Å². The molecule has 34 heavy (non-hydrogen) atoms. The Hall–Kier alpha value is -3.88. The number of aryl methyl sites for hydroxylation is 2. The summed E-state index contributed by atoms with van der Waals surface area (Å²) in [5, 5.41) is 4.94. The number of halogens is 3. The van der Waals surface area contributed by atoms with Gasteiger partial charge in [-0.25, -0.2) is 0 Å². The van der Waals surface area contributed by atoms with Gasteiger partial charge in [0, 0.05) is 32.5 Å². The second-order valence-electron chi connectivity index (χ2n) is 7.70. The van der Waals surface area contributed by atoms with Gasteiger partial charge in [0.2, 0.25) is 5.43 Å². The van der Waals surface area contributed by atoms with Gasteiger partial charge >= 0.3 is 6.18 Å². The summed E-state index contributed by atoms with van der Waals surface area (Å²) in [6, 6.07) is 14.2. The summed E-state index contributed by atoms with van der Waals surface area (Å²) in [7, 11) is 1.39. The number of carbonyl (C=O) groups is 2. The Kier molecular flexibility index (Phi) is 7.88. The molecule has 2 amide bonds. The molecule has 0 aliphatic rings. The fraction of sp³-hybridized carbons (Fsp3) is 0.240. The monoisotopic (exact) mass is 471 g/mol. The van der Waals surface area contributed by atoms with Gasteiger partial charge in [-0.1, -0.05) is 42.5 Å². The normalized spacial score (nSPS) is 11.2. The summed E-state index contributed by atoms with van der Waals surface area (Å²) in [6.07, 6.45) is -0.154. The van der Waals surface area contributed by atoms with Crippen LogP contribution in [0.25, 0.3) is 0 Å². The molecule has 0 spiro atoms. The second kappa shape index (κ2) is 10.8. The highest BCUT2D eigenvalue weighted by Crippen LogP contribution is 2.29. The third-order valence-electron chi connectivity index (χ3n) is 5.25. The van der Waals surface area contributed by atoms with Crippen molar-refractivity contribution in [3.05, 3.63) is 105 Å². The van der Waals surface area contributed by atoms with Gasteiger partial charge in [-0.15, -0.1) is 0 Å². The quantitative estimate of drug-likeness (QED) is 0.525. The number of aromatic nitrogens is 1. The maximum atomic E-state index is 12.8. The predicted octanol–water partition coefficient (Wildman–Crippen LogP) is 3.79. The molecule has 1 aromatic heterocycles. The third kappa shape index (κ3) is 6.34. The summed E-state index contributed by atoms with van der Waals surface area (Å²) in [4.78, 5) is 37.7. The van der Waals surface area contributed by atoms with Crippen molar-refractivity contribution < 1.29 is 22.8 Å². The van der Waals surface area contributed by atoms with Crippen LogP contribution in [-0.2, 0) is 25.7 Å². The van der Waals surface area contributed by atoms with E-state index in [4.69, 9.17) is 0 Å². The van der Waals surface area contributed by atoms with Crippen molar-refractivity contribution >= 4 is 11.8 Å². The Morgan fingerprint density at radius 1 is 0.882 bits per heavy atom. The van der Waals surface area contributed by atoms with Gasteiger partial charge in [-0.3, -0.25) is 14.4 Å². The molecule has 2 N–H and O–H groups in total. The number of nitrogens with zero attached hydrogens (tertiary/aromatic N) is 1. The Bertz CT molecular complexity index is 1200. The molecule has 3 aromatic rings. The van der Waals surface area contributed by atoms with Crippen LogP contribution in [0.15, 0.2) is 71.8 Å². The van der Waals surface area contributed by atoms with E-state index in [-0.39, 0.29) is 17.7 Å². The number of carbonyl (C=O) groups excluding carboxylic acids is 2. The molecule has 0 unspecified atom stereocenters. The van der Waals surface area contributed by atoms with Crippen LogP contribution in [0.4, 0.5) is 13.2 Å². The number of pyridine rings is 1. The molecule has 0 atom stereocenters. The summed E-state index contributed by atoms with van der Waals surface area (Å²) >= 11 is 0. The Morgan fingerprint density at radius 2 is 1.50 bits per heavy atom. The van der Waals surface area contributed by atoms with Crippen molar-refractivity contribution in [2.75, 3.05) is 7.05 Å². The first-order valence-corrected chi connectivity index (χ1v) is 10.6. The molecule has 1 heterocycles. The maximum absolute atomic E-state index is 12.8. The topological polar surface area (TPSA) is 80.2 Å². The molecular formula is C25H24F3N3O3. The molecule has 178 valence electrons. The first kappa shape index (κ1) is 24.8.